The standard InChI is InChI=1S/C25H30O4/c1-20(12-7-13-22(3)16-9-17-25(28)29-5)10-6-11-21(2)14-8-15-23(4)18-19-24(26)27/h6-19H,1-5H3,(H,26,27)/b10-6+,13-7+,14-8+,17-9+,19-18+,20-12+,21-11+,22-16+,23-15+. The van der Waals surface area contributed by atoms with Crippen LogP contribution in [-0.2, 0) is 14.3 Å². The van der Waals surface area contributed by atoms with Crippen molar-refractivity contribution in [2.45, 2.75) is 27.7 Å². The number of hydrogen-bond donors (Lipinski definition) is 1. The minimum Gasteiger partial charge on any atom is -0.478 e. The van der Waals surface area contributed by atoms with Gasteiger partial charge < -0.3 is 9.84 Å². The Morgan fingerprint density at radius 2 is 0.931 bits per heavy atom. The molecule has 0 aliphatic rings. The van der Waals surface area contributed by atoms with Gasteiger partial charge in [-0.1, -0.05) is 95.2 Å². The minimum atomic E-state index is -0.956. The summed E-state index contributed by atoms with van der Waals surface area (Å²) in [5.41, 5.74) is 4.05. The lowest BCUT2D eigenvalue weighted by Gasteiger charge is -1.91. The molecule has 0 aromatic carbocycles. The molecule has 0 unspecified atom stereocenters. The number of ether oxygens (including phenoxy) is 1. The van der Waals surface area contributed by atoms with E-state index >= 15 is 0 Å². The van der Waals surface area contributed by atoms with Crippen LogP contribution in [0.2, 0.25) is 0 Å². The maximum absolute atomic E-state index is 11.0. The first-order chi connectivity index (χ1) is 13.7. The number of methoxy groups -OCH3 is 1. The molecule has 4 heteroatoms. The van der Waals surface area contributed by atoms with E-state index in [4.69, 9.17) is 5.11 Å². The molecule has 0 saturated heterocycles. The van der Waals surface area contributed by atoms with Crippen LogP contribution < -0.4 is 0 Å². The second-order valence-corrected chi connectivity index (χ2v) is 6.27. The van der Waals surface area contributed by atoms with E-state index in [0.717, 1.165) is 28.4 Å². The summed E-state index contributed by atoms with van der Waals surface area (Å²) in [6.07, 6.45) is 25.1. The molecule has 4 nitrogen and oxygen atoms in total. The molecule has 0 fully saturated rings. The molecule has 0 bridgehead atoms. The van der Waals surface area contributed by atoms with Crippen molar-refractivity contribution in [2.75, 3.05) is 7.11 Å². The molecule has 0 aromatic heterocycles. The van der Waals surface area contributed by atoms with Crippen molar-refractivity contribution in [1.29, 1.82) is 0 Å². The predicted molar refractivity (Wildman–Crippen MR) is 120 cm³/mol. The molecule has 0 aromatic rings. The highest BCUT2D eigenvalue weighted by atomic mass is 16.5. The number of rotatable bonds is 10. The summed E-state index contributed by atoms with van der Waals surface area (Å²) in [7, 11) is 1.35. The Bertz CT molecular complexity index is 823. The van der Waals surface area contributed by atoms with Gasteiger partial charge in [0.2, 0.25) is 0 Å². The highest BCUT2D eigenvalue weighted by molar-refractivity contribution is 5.82. The zero-order valence-corrected chi connectivity index (χ0v) is 17.8. The van der Waals surface area contributed by atoms with Crippen LogP contribution in [0.25, 0.3) is 0 Å². The molecular weight excluding hydrogens is 364 g/mol. The highest BCUT2D eigenvalue weighted by Crippen LogP contribution is 2.03. The second-order valence-electron chi connectivity index (χ2n) is 6.27. The first-order valence-corrected chi connectivity index (χ1v) is 9.13. The molecule has 0 amide bonds. The Hall–Kier alpha value is -3.40. The van der Waals surface area contributed by atoms with Crippen molar-refractivity contribution in [1.82, 2.24) is 0 Å². The van der Waals surface area contributed by atoms with Gasteiger partial charge in [-0.05, 0) is 27.7 Å². The summed E-state index contributed by atoms with van der Waals surface area (Å²) in [6, 6.07) is 0. The van der Waals surface area contributed by atoms with E-state index in [0.29, 0.717) is 0 Å². The number of esters is 1. The van der Waals surface area contributed by atoms with Crippen LogP contribution in [0.4, 0.5) is 0 Å². The summed E-state index contributed by atoms with van der Waals surface area (Å²) < 4.78 is 4.52. The van der Waals surface area contributed by atoms with Crippen molar-refractivity contribution in [3.63, 3.8) is 0 Å². The third-order valence-corrected chi connectivity index (χ3v) is 3.44. The molecular formula is C25H30O4. The van der Waals surface area contributed by atoms with Crippen LogP contribution >= 0.6 is 0 Å². The Morgan fingerprint density at radius 1 is 0.586 bits per heavy atom. The van der Waals surface area contributed by atoms with Gasteiger partial charge >= 0.3 is 11.9 Å². The largest absolute Gasteiger partial charge is 0.478 e. The Labute approximate surface area is 174 Å². The highest BCUT2D eigenvalue weighted by Gasteiger charge is 1.88. The fourth-order valence-corrected chi connectivity index (χ4v) is 1.83. The van der Waals surface area contributed by atoms with Crippen LogP contribution in [0, 0.1) is 0 Å². The predicted octanol–water partition coefficient (Wildman–Crippen LogP) is 5.81. The maximum Gasteiger partial charge on any atom is 0.330 e. The lowest BCUT2D eigenvalue weighted by molar-refractivity contribution is -0.135. The summed E-state index contributed by atoms with van der Waals surface area (Å²) in [6.45, 7) is 7.79. The van der Waals surface area contributed by atoms with Gasteiger partial charge in [0.05, 0.1) is 7.11 Å². The van der Waals surface area contributed by atoms with Crippen molar-refractivity contribution in [3.8, 4) is 0 Å². The fourth-order valence-electron chi connectivity index (χ4n) is 1.83. The average molecular weight is 395 g/mol. The van der Waals surface area contributed by atoms with E-state index in [2.05, 4.69) is 4.74 Å². The molecule has 0 saturated carbocycles. The minimum absolute atomic E-state index is 0.377. The molecule has 0 rings (SSSR count). The number of aliphatic carboxylic acids is 1. The quantitative estimate of drug-likeness (QED) is 0.288. The maximum atomic E-state index is 11.0. The van der Waals surface area contributed by atoms with Gasteiger partial charge in [0.1, 0.15) is 0 Å². The first-order valence-electron chi connectivity index (χ1n) is 9.13. The van der Waals surface area contributed by atoms with Gasteiger partial charge in [-0.25, -0.2) is 9.59 Å². The third-order valence-electron chi connectivity index (χ3n) is 3.44. The fraction of sp³-hybridized carbons (Fsp3) is 0.200. The smallest absolute Gasteiger partial charge is 0.330 e. The number of hydrogen-bond acceptors (Lipinski definition) is 3. The zero-order valence-electron chi connectivity index (χ0n) is 17.8. The SMILES string of the molecule is COC(=O)/C=C/C=C(C)/C=C/C=C(C)/C=C/C=C(C)/C=C/C=C(C)/C=C/C(=O)O. The number of allylic oxidation sites excluding steroid dienone is 16. The van der Waals surface area contributed by atoms with E-state index in [1.54, 1.807) is 12.2 Å². The summed E-state index contributed by atoms with van der Waals surface area (Å²) in [5, 5.41) is 8.58. The van der Waals surface area contributed by atoms with Crippen molar-refractivity contribution >= 4 is 11.9 Å². The lowest BCUT2D eigenvalue weighted by atomic mass is 10.2. The van der Waals surface area contributed by atoms with Crippen molar-refractivity contribution in [2.24, 2.45) is 0 Å². The van der Waals surface area contributed by atoms with E-state index in [1.165, 1.54) is 13.2 Å². The topological polar surface area (TPSA) is 63.6 Å². The van der Waals surface area contributed by atoms with E-state index in [9.17, 15) is 9.59 Å². The molecule has 0 aliphatic heterocycles. The molecule has 0 aliphatic carbocycles. The van der Waals surface area contributed by atoms with Gasteiger partial charge in [0, 0.05) is 12.2 Å². The Kier molecular flexibility index (Phi) is 13.8. The van der Waals surface area contributed by atoms with Crippen LogP contribution in [0.1, 0.15) is 27.7 Å². The van der Waals surface area contributed by atoms with Gasteiger partial charge in [-0.15, -0.1) is 0 Å². The normalized spacial score (nSPS) is 14.9. The molecule has 154 valence electrons. The summed E-state index contributed by atoms with van der Waals surface area (Å²) in [5.74, 6) is -1.33. The average Bonchev–Trinajstić information content (AvgIpc) is 2.66. The summed E-state index contributed by atoms with van der Waals surface area (Å²) >= 11 is 0. The Morgan fingerprint density at radius 3 is 1.28 bits per heavy atom. The van der Waals surface area contributed by atoms with Gasteiger partial charge in [-0.3, -0.25) is 0 Å². The van der Waals surface area contributed by atoms with Crippen molar-refractivity contribution < 1.29 is 19.4 Å². The lowest BCUT2D eigenvalue weighted by Crippen LogP contribution is -1.92. The van der Waals surface area contributed by atoms with Gasteiger partial charge in [0.25, 0.3) is 0 Å². The number of carbonyl (C=O) groups excluding carboxylic acids is 1. The Balaban J connectivity index is 4.69. The van der Waals surface area contributed by atoms with Gasteiger partial charge in [-0.2, -0.15) is 0 Å². The molecule has 0 heterocycles. The second kappa shape index (κ2) is 15.6. The molecule has 1 N–H and O–H groups in total. The van der Waals surface area contributed by atoms with E-state index in [1.807, 2.05) is 88.5 Å². The van der Waals surface area contributed by atoms with Gasteiger partial charge in [0.15, 0.2) is 0 Å². The zero-order chi connectivity index (χ0) is 22.1. The molecule has 0 atom stereocenters. The van der Waals surface area contributed by atoms with E-state index in [-0.39, 0.29) is 5.97 Å². The van der Waals surface area contributed by atoms with Crippen molar-refractivity contribution in [3.05, 3.63) is 107 Å². The van der Waals surface area contributed by atoms with Crippen LogP contribution in [0.15, 0.2) is 107 Å². The molecule has 29 heavy (non-hydrogen) atoms. The number of carbonyl (C=O) groups is 2. The molecule has 0 spiro atoms. The third kappa shape index (κ3) is 16.5. The van der Waals surface area contributed by atoms with Crippen LogP contribution in [-0.4, -0.2) is 24.2 Å². The number of carboxylic acids is 1. The van der Waals surface area contributed by atoms with E-state index < -0.39 is 5.97 Å². The molecule has 0 radical (unpaired) electrons. The van der Waals surface area contributed by atoms with Crippen LogP contribution in [0.5, 0.6) is 0 Å². The number of carboxylic acid groups (broad SMARTS) is 1. The monoisotopic (exact) mass is 394 g/mol. The summed E-state index contributed by atoms with van der Waals surface area (Å²) in [4.78, 5) is 21.4. The first kappa shape index (κ1) is 25.6. The van der Waals surface area contributed by atoms with Crippen LogP contribution in [0.3, 0.4) is 0 Å².